The number of ketones is 1. The number of carbonyl (C=O) groups excluding carboxylic acids is 4. The largest absolute Gasteiger partial charge is 0.550 e. The van der Waals surface area contributed by atoms with Gasteiger partial charge in [0.15, 0.2) is 5.78 Å². The third-order valence-corrected chi connectivity index (χ3v) is 7.33. The van der Waals surface area contributed by atoms with Gasteiger partial charge < -0.3 is 24.5 Å². The lowest BCUT2D eigenvalue weighted by Crippen LogP contribution is -2.62. The third-order valence-electron chi connectivity index (χ3n) is 7.33. The molecule has 0 aromatic heterocycles. The van der Waals surface area contributed by atoms with Crippen LogP contribution in [-0.4, -0.2) is 46.6 Å². The lowest BCUT2D eigenvalue weighted by Gasteiger charge is -2.50. The molecule has 8 atom stereocenters. The van der Waals surface area contributed by atoms with Gasteiger partial charge in [-0.05, 0) is 37.7 Å². The van der Waals surface area contributed by atoms with Gasteiger partial charge in [-0.2, -0.15) is 0 Å². The van der Waals surface area contributed by atoms with Gasteiger partial charge in [0.1, 0.15) is 12.2 Å². The average molecular weight is 419 g/mol. The first-order valence-electron chi connectivity index (χ1n) is 10.1. The van der Waals surface area contributed by atoms with Crippen molar-refractivity contribution in [3.8, 4) is 0 Å². The molecule has 1 saturated carbocycles. The van der Waals surface area contributed by atoms with Gasteiger partial charge in [0.2, 0.25) is 0 Å². The summed E-state index contributed by atoms with van der Waals surface area (Å²) in [6.45, 7) is 9.83. The maximum absolute atomic E-state index is 13.1. The van der Waals surface area contributed by atoms with Gasteiger partial charge in [0.05, 0.1) is 16.9 Å². The standard InChI is InChI=1S/C22H28O8/c1-10(19(25)26)8-9-22(28)16-12(3)20(27)30-17(18(16)29-13(4)23)11(2)14-6-7-15(24)21(14,22)5/h6-7,10-11,14,16-18,28H,3,8-9H2,1-2,4-5H3,(H,25,26)/p-1/t10?,11-,14-,16+,17+,18-,21-,22-/m0/s1. The van der Waals surface area contributed by atoms with Gasteiger partial charge in [-0.3, -0.25) is 9.59 Å². The van der Waals surface area contributed by atoms with Crippen molar-refractivity contribution in [3.63, 3.8) is 0 Å². The SMILES string of the molecule is C=C1C(=O)O[C@@H]2[C@@H](C)[C@@H]3C=CC(=O)[C@@]3(C)[C@](O)(CCC(C)C(=O)[O-])[C@H]1[C@@H]2OC(C)=O. The quantitative estimate of drug-likeness (QED) is 0.498. The number of rotatable bonds is 5. The van der Waals surface area contributed by atoms with Crippen LogP contribution in [0.25, 0.3) is 0 Å². The van der Waals surface area contributed by atoms with Gasteiger partial charge in [-0.25, -0.2) is 4.79 Å². The van der Waals surface area contributed by atoms with Crippen molar-refractivity contribution < 1.29 is 38.9 Å². The molecule has 0 aromatic rings. The normalized spacial score (nSPS) is 41.0. The lowest BCUT2D eigenvalue weighted by atomic mass is 9.57. The second kappa shape index (κ2) is 7.34. The summed E-state index contributed by atoms with van der Waals surface area (Å²) in [5, 5.41) is 23.4. The highest BCUT2D eigenvalue weighted by Gasteiger charge is 2.70. The maximum Gasteiger partial charge on any atom is 0.334 e. The number of carboxylic acid groups (broad SMARTS) is 1. The molecule has 3 aliphatic rings. The molecule has 8 heteroatoms. The van der Waals surface area contributed by atoms with E-state index < -0.39 is 64.8 Å². The minimum Gasteiger partial charge on any atom is -0.550 e. The van der Waals surface area contributed by atoms with Crippen molar-refractivity contribution in [2.45, 2.75) is 58.3 Å². The number of hydrogen-bond acceptors (Lipinski definition) is 8. The fraction of sp³-hybridized carbons (Fsp3) is 0.636. The fourth-order valence-electron chi connectivity index (χ4n) is 5.50. The van der Waals surface area contributed by atoms with E-state index in [1.54, 1.807) is 19.9 Å². The summed E-state index contributed by atoms with van der Waals surface area (Å²) in [7, 11) is 0. The molecule has 0 radical (unpaired) electrons. The van der Waals surface area contributed by atoms with Crippen LogP contribution in [0.2, 0.25) is 0 Å². The summed E-state index contributed by atoms with van der Waals surface area (Å²) in [6.07, 6.45) is 1.03. The summed E-state index contributed by atoms with van der Waals surface area (Å²) in [4.78, 5) is 48.8. The van der Waals surface area contributed by atoms with Crippen molar-refractivity contribution in [1.29, 1.82) is 0 Å². The highest BCUT2D eigenvalue weighted by atomic mass is 16.6. The molecule has 3 rings (SSSR count). The van der Waals surface area contributed by atoms with Crippen molar-refractivity contribution >= 4 is 23.7 Å². The Kier molecular flexibility index (Phi) is 5.43. The Labute approximate surface area is 174 Å². The Balaban J connectivity index is 2.21. The van der Waals surface area contributed by atoms with Gasteiger partial charge in [-0.1, -0.05) is 26.5 Å². The Morgan fingerprint density at radius 2 is 2.03 bits per heavy atom. The number of aliphatic carboxylic acids is 1. The maximum atomic E-state index is 13.1. The number of carbonyl (C=O) groups is 4. The molecule has 8 nitrogen and oxygen atoms in total. The van der Waals surface area contributed by atoms with E-state index in [0.29, 0.717) is 0 Å². The van der Waals surface area contributed by atoms with Crippen LogP contribution < -0.4 is 5.11 Å². The molecule has 2 aliphatic carbocycles. The Bertz CT molecular complexity index is 844. The van der Waals surface area contributed by atoms with Crippen molar-refractivity contribution in [2.24, 2.45) is 29.1 Å². The van der Waals surface area contributed by atoms with Crippen LogP contribution in [0.3, 0.4) is 0 Å². The molecule has 1 heterocycles. The summed E-state index contributed by atoms with van der Waals surface area (Å²) >= 11 is 0. The van der Waals surface area contributed by atoms with Gasteiger partial charge in [0.25, 0.3) is 0 Å². The molecule has 2 bridgehead atoms. The number of allylic oxidation sites excluding steroid dienone is 2. The minimum absolute atomic E-state index is 0.000903. The predicted octanol–water partition coefficient (Wildman–Crippen LogP) is 0.324. The third kappa shape index (κ3) is 3.00. The zero-order valence-electron chi connectivity index (χ0n) is 17.5. The van der Waals surface area contributed by atoms with E-state index in [0.717, 1.165) is 0 Å². The molecular weight excluding hydrogens is 392 g/mol. The molecule has 30 heavy (non-hydrogen) atoms. The first-order valence-corrected chi connectivity index (χ1v) is 10.1. The predicted molar refractivity (Wildman–Crippen MR) is 101 cm³/mol. The summed E-state index contributed by atoms with van der Waals surface area (Å²) in [6, 6.07) is 0. The zero-order chi connectivity index (χ0) is 22.6. The summed E-state index contributed by atoms with van der Waals surface area (Å²) < 4.78 is 11.1. The molecule has 0 spiro atoms. The second-order valence-electron chi connectivity index (χ2n) is 8.94. The van der Waals surface area contributed by atoms with Crippen LogP contribution in [0.4, 0.5) is 0 Å². The van der Waals surface area contributed by atoms with E-state index in [2.05, 4.69) is 6.58 Å². The molecular formula is C22H27O8-. The number of ether oxygens (including phenoxy) is 2. The molecule has 0 aromatic carbocycles. The monoisotopic (exact) mass is 419 g/mol. The van der Waals surface area contributed by atoms with Gasteiger partial charge >= 0.3 is 11.9 Å². The zero-order valence-corrected chi connectivity index (χ0v) is 17.5. The number of carboxylic acids is 1. The Morgan fingerprint density at radius 1 is 1.40 bits per heavy atom. The number of hydrogen-bond donors (Lipinski definition) is 1. The molecule has 1 unspecified atom stereocenters. The number of fused-ring (bicyclic) bond motifs is 3. The van der Waals surface area contributed by atoms with E-state index >= 15 is 0 Å². The van der Waals surface area contributed by atoms with Crippen LogP contribution in [0.15, 0.2) is 24.3 Å². The molecule has 0 amide bonds. The molecule has 2 fully saturated rings. The molecule has 164 valence electrons. The molecule has 1 saturated heterocycles. The Morgan fingerprint density at radius 3 is 2.60 bits per heavy atom. The van der Waals surface area contributed by atoms with Gasteiger partial charge in [-0.15, -0.1) is 0 Å². The fourth-order valence-corrected chi connectivity index (χ4v) is 5.50. The first-order chi connectivity index (χ1) is 13.9. The minimum atomic E-state index is -1.90. The van der Waals surface area contributed by atoms with E-state index in [1.165, 1.54) is 19.9 Å². The van der Waals surface area contributed by atoms with Crippen LogP contribution in [0.1, 0.15) is 40.5 Å². The number of esters is 2. The summed E-state index contributed by atoms with van der Waals surface area (Å²) in [5.41, 5.74) is -3.39. The lowest BCUT2D eigenvalue weighted by molar-refractivity contribution is -0.311. The van der Waals surface area contributed by atoms with E-state index in [-0.39, 0.29) is 24.2 Å². The van der Waals surface area contributed by atoms with Crippen LogP contribution in [-0.2, 0) is 28.7 Å². The van der Waals surface area contributed by atoms with Gasteiger partial charge in [0, 0.05) is 24.4 Å². The molecule has 1 aliphatic heterocycles. The summed E-state index contributed by atoms with van der Waals surface area (Å²) in [5.74, 6) is -5.96. The average Bonchev–Trinajstić information content (AvgIpc) is 2.95. The van der Waals surface area contributed by atoms with Crippen molar-refractivity contribution in [2.75, 3.05) is 0 Å². The highest BCUT2D eigenvalue weighted by molar-refractivity contribution is 5.99. The molecule has 1 N–H and O–H groups in total. The van der Waals surface area contributed by atoms with E-state index in [4.69, 9.17) is 9.47 Å². The Hall–Kier alpha value is -2.48. The second-order valence-corrected chi connectivity index (χ2v) is 8.94. The topological polar surface area (TPSA) is 130 Å². The van der Waals surface area contributed by atoms with Crippen molar-refractivity contribution in [3.05, 3.63) is 24.3 Å². The smallest absolute Gasteiger partial charge is 0.334 e. The van der Waals surface area contributed by atoms with E-state index in [9.17, 15) is 29.4 Å². The highest BCUT2D eigenvalue weighted by Crippen LogP contribution is 2.60. The van der Waals surface area contributed by atoms with Crippen molar-refractivity contribution in [1.82, 2.24) is 0 Å². The van der Waals surface area contributed by atoms with Crippen LogP contribution in [0.5, 0.6) is 0 Å². The first kappa shape index (κ1) is 22.2. The number of aliphatic hydroxyl groups is 1. The van der Waals surface area contributed by atoms with Crippen LogP contribution >= 0.6 is 0 Å². The van der Waals surface area contributed by atoms with E-state index in [1.807, 2.05) is 0 Å². The van der Waals surface area contributed by atoms with Crippen LogP contribution in [0, 0.1) is 29.1 Å².